The maximum absolute atomic E-state index is 11.8. The van der Waals surface area contributed by atoms with Gasteiger partial charge in [-0.05, 0) is 40.0 Å². The molecule has 0 bridgehead atoms. The first kappa shape index (κ1) is 15.6. The van der Waals surface area contributed by atoms with E-state index < -0.39 is 10.0 Å². The lowest BCUT2D eigenvalue weighted by Gasteiger charge is -2.12. The van der Waals surface area contributed by atoms with Crippen molar-refractivity contribution in [1.29, 1.82) is 0 Å². The van der Waals surface area contributed by atoms with Crippen molar-refractivity contribution in [3.63, 3.8) is 0 Å². The highest BCUT2D eigenvalue weighted by Crippen LogP contribution is 2.28. The quantitative estimate of drug-likeness (QED) is 0.797. The number of rotatable bonds is 6. The monoisotopic (exact) mass is 355 g/mol. The van der Waals surface area contributed by atoms with Gasteiger partial charge < -0.3 is 4.74 Å². The molecule has 0 saturated heterocycles. The van der Waals surface area contributed by atoms with Crippen LogP contribution in [0.3, 0.4) is 0 Å². The van der Waals surface area contributed by atoms with Crippen molar-refractivity contribution in [2.45, 2.75) is 6.92 Å². The Morgan fingerprint density at radius 1 is 1.50 bits per heavy atom. The van der Waals surface area contributed by atoms with E-state index in [0.717, 1.165) is 0 Å². The highest BCUT2D eigenvalue weighted by atomic mass is 79.9. The van der Waals surface area contributed by atoms with Gasteiger partial charge in [0.15, 0.2) is 0 Å². The molecule has 1 aromatic carbocycles. The lowest BCUT2D eigenvalue weighted by molar-refractivity contribution is 0.412. The van der Waals surface area contributed by atoms with Gasteiger partial charge >= 0.3 is 0 Å². The topological polar surface area (TPSA) is 55.4 Å². The van der Waals surface area contributed by atoms with Crippen LogP contribution in [0.4, 0.5) is 5.69 Å². The van der Waals surface area contributed by atoms with E-state index in [-0.39, 0.29) is 11.7 Å². The van der Waals surface area contributed by atoms with Gasteiger partial charge in [-0.25, -0.2) is 8.42 Å². The van der Waals surface area contributed by atoms with E-state index >= 15 is 0 Å². The minimum Gasteiger partial charge on any atom is -0.496 e. The molecule has 1 unspecified atom stereocenters. The molecule has 1 N–H and O–H groups in total. The van der Waals surface area contributed by atoms with Crippen molar-refractivity contribution in [3.05, 3.63) is 22.7 Å². The fourth-order valence-electron chi connectivity index (χ4n) is 1.37. The zero-order valence-electron chi connectivity index (χ0n) is 10.1. The number of nitrogens with one attached hydrogen (secondary N) is 1. The van der Waals surface area contributed by atoms with Crippen molar-refractivity contribution in [2.75, 3.05) is 23.5 Å². The number of anilines is 1. The van der Waals surface area contributed by atoms with Crippen molar-refractivity contribution in [2.24, 2.45) is 5.92 Å². The summed E-state index contributed by atoms with van der Waals surface area (Å²) in [6.45, 7) is 1.79. The molecule has 7 heteroatoms. The van der Waals surface area contributed by atoms with E-state index in [1.807, 2.05) is 0 Å². The number of benzene rings is 1. The van der Waals surface area contributed by atoms with E-state index in [1.54, 1.807) is 32.2 Å². The van der Waals surface area contributed by atoms with Gasteiger partial charge in [0.2, 0.25) is 10.0 Å². The van der Waals surface area contributed by atoms with Crippen LogP contribution in [-0.2, 0) is 10.0 Å². The summed E-state index contributed by atoms with van der Waals surface area (Å²) in [6, 6.07) is 4.99. The molecular formula is C11H15BrClNO3S. The number of hydrogen-bond acceptors (Lipinski definition) is 3. The summed E-state index contributed by atoms with van der Waals surface area (Å²) in [5, 5.41) is 0. The third-order valence-corrected chi connectivity index (χ3v) is 4.89. The van der Waals surface area contributed by atoms with Gasteiger partial charge in [0, 0.05) is 11.6 Å². The lowest BCUT2D eigenvalue weighted by Crippen LogP contribution is -2.22. The fraction of sp³-hybridized carbons (Fsp3) is 0.455. The van der Waals surface area contributed by atoms with Crippen molar-refractivity contribution in [1.82, 2.24) is 0 Å². The third kappa shape index (κ3) is 4.66. The minimum atomic E-state index is -3.38. The third-order valence-electron chi connectivity index (χ3n) is 2.19. The maximum atomic E-state index is 11.8. The molecule has 0 aliphatic rings. The largest absolute Gasteiger partial charge is 0.496 e. The molecule has 0 saturated carbocycles. The first-order valence-electron chi connectivity index (χ1n) is 5.28. The molecule has 1 atom stereocenters. The molecule has 0 radical (unpaired) electrons. The zero-order valence-corrected chi connectivity index (χ0v) is 13.3. The van der Waals surface area contributed by atoms with E-state index in [2.05, 4.69) is 20.7 Å². The molecule has 0 spiro atoms. The van der Waals surface area contributed by atoms with E-state index in [0.29, 0.717) is 21.8 Å². The van der Waals surface area contributed by atoms with Crippen LogP contribution in [-0.4, -0.2) is 27.2 Å². The number of alkyl halides is 1. The summed E-state index contributed by atoms with van der Waals surface area (Å²) in [6.07, 6.45) is 0. The zero-order chi connectivity index (χ0) is 13.8. The summed E-state index contributed by atoms with van der Waals surface area (Å²) in [7, 11) is -1.83. The molecular weight excluding hydrogens is 342 g/mol. The van der Waals surface area contributed by atoms with E-state index in [9.17, 15) is 8.42 Å². The van der Waals surface area contributed by atoms with Gasteiger partial charge in [-0.15, -0.1) is 11.6 Å². The van der Waals surface area contributed by atoms with E-state index in [4.69, 9.17) is 16.3 Å². The standard InChI is InChI=1S/C11H15BrClNO3S/c1-8(6-13)7-18(15,16)14-9-3-4-11(17-2)10(12)5-9/h3-5,8,14H,6-7H2,1-2H3. The number of hydrogen-bond donors (Lipinski definition) is 1. The molecule has 0 fully saturated rings. The average Bonchev–Trinajstić information content (AvgIpc) is 2.27. The first-order chi connectivity index (χ1) is 8.38. The van der Waals surface area contributed by atoms with Crippen molar-refractivity contribution in [3.8, 4) is 5.75 Å². The molecule has 102 valence electrons. The molecule has 1 rings (SSSR count). The van der Waals surface area contributed by atoms with Crippen molar-refractivity contribution < 1.29 is 13.2 Å². The Labute approximate surface area is 121 Å². The van der Waals surface area contributed by atoms with Gasteiger partial charge in [0.05, 0.1) is 17.3 Å². The van der Waals surface area contributed by atoms with Gasteiger partial charge in [-0.1, -0.05) is 6.92 Å². The highest BCUT2D eigenvalue weighted by Gasteiger charge is 2.15. The van der Waals surface area contributed by atoms with Crippen molar-refractivity contribution >= 4 is 43.2 Å². The molecule has 1 aromatic rings. The normalized spacial score (nSPS) is 13.1. The van der Waals surface area contributed by atoms with Gasteiger partial charge in [-0.2, -0.15) is 0 Å². The van der Waals surface area contributed by atoms with Gasteiger partial charge in [0.1, 0.15) is 5.75 Å². The Hall–Kier alpha value is -0.460. The van der Waals surface area contributed by atoms with Crippen LogP contribution in [0.15, 0.2) is 22.7 Å². The SMILES string of the molecule is COc1ccc(NS(=O)(=O)CC(C)CCl)cc1Br. The number of ether oxygens (including phenoxy) is 1. The first-order valence-corrected chi connectivity index (χ1v) is 8.26. The second-order valence-corrected chi connectivity index (χ2v) is 6.92. The Morgan fingerprint density at radius 2 is 2.17 bits per heavy atom. The summed E-state index contributed by atoms with van der Waals surface area (Å²) in [4.78, 5) is 0. The minimum absolute atomic E-state index is 0.000147. The average molecular weight is 357 g/mol. The van der Waals surface area contributed by atoms with Gasteiger partial charge in [0.25, 0.3) is 0 Å². The number of methoxy groups -OCH3 is 1. The van der Waals surface area contributed by atoms with Crippen LogP contribution < -0.4 is 9.46 Å². The molecule has 4 nitrogen and oxygen atoms in total. The van der Waals surface area contributed by atoms with Crippen LogP contribution >= 0.6 is 27.5 Å². The van der Waals surface area contributed by atoms with Crippen LogP contribution in [0.5, 0.6) is 5.75 Å². The van der Waals surface area contributed by atoms with Crippen LogP contribution in [0, 0.1) is 5.92 Å². The molecule has 0 aromatic heterocycles. The molecule has 0 heterocycles. The number of sulfonamides is 1. The number of halogens is 2. The summed E-state index contributed by atoms with van der Waals surface area (Å²) >= 11 is 8.91. The predicted molar refractivity (Wildman–Crippen MR) is 78.0 cm³/mol. The fourth-order valence-corrected chi connectivity index (χ4v) is 3.59. The second kappa shape index (κ2) is 6.63. The smallest absolute Gasteiger partial charge is 0.233 e. The maximum Gasteiger partial charge on any atom is 0.233 e. The Balaban J connectivity index is 2.81. The predicted octanol–water partition coefficient (Wildman–Crippen LogP) is 3.07. The molecule has 18 heavy (non-hydrogen) atoms. The molecule has 0 aliphatic carbocycles. The molecule has 0 aliphatic heterocycles. The second-order valence-electron chi connectivity index (χ2n) is 3.99. The van der Waals surface area contributed by atoms with Gasteiger partial charge in [-0.3, -0.25) is 4.72 Å². The van der Waals surface area contributed by atoms with E-state index in [1.165, 1.54) is 0 Å². The van der Waals surface area contributed by atoms with Crippen LogP contribution in [0.25, 0.3) is 0 Å². The Bertz CT molecular complexity index is 507. The van der Waals surface area contributed by atoms with Crippen LogP contribution in [0.2, 0.25) is 0 Å². The highest BCUT2D eigenvalue weighted by molar-refractivity contribution is 9.10. The summed E-state index contributed by atoms with van der Waals surface area (Å²) in [5.74, 6) is 0.867. The Kier molecular flexibility index (Phi) is 5.75. The summed E-state index contributed by atoms with van der Waals surface area (Å²) < 4.78 is 31.9. The van der Waals surface area contributed by atoms with Crippen LogP contribution in [0.1, 0.15) is 6.92 Å². The Morgan fingerprint density at radius 3 is 2.67 bits per heavy atom. The molecule has 0 amide bonds. The summed E-state index contributed by atoms with van der Waals surface area (Å²) in [5.41, 5.74) is 0.490. The lowest BCUT2D eigenvalue weighted by atomic mass is 10.3.